The molecule has 5 nitrogen and oxygen atoms in total. The maximum atomic E-state index is 12.6. The molecule has 0 fully saturated rings. The van der Waals surface area contributed by atoms with E-state index in [4.69, 9.17) is 16.3 Å². The number of carbonyl (C=O) groups excluding carboxylic acids is 1. The highest BCUT2D eigenvalue weighted by atomic mass is 35.5. The van der Waals surface area contributed by atoms with Gasteiger partial charge in [-0.25, -0.2) is 0 Å². The van der Waals surface area contributed by atoms with E-state index < -0.39 is 30.3 Å². The molecule has 1 amide bonds. The Hall–Kier alpha value is -2.48. The van der Waals surface area contributed by atoms with Gasteiger partial charge in [-0.1, -0.05) is 23.7 Å². The van der Waals surface area contributed by atoms with Crippen LogP contribution >= 0.6 is 11.6 Å². The Morgan fingerprint density at radius 3 is 2.46 bits per heavy atom. The highest BCUT2D eigenvalue weighted by Gasteiger charge is 2.32. The van der Waals surface area contributed by atoms with Gasteiger partial charge in [-0.15, -0.1) is 0 Å². The fraction of sp³-hybridized carbons (Fsp3) is 0.368. The van der Waals surface area contributed by atoms with Crippen LogP contribution < -0.4 is 14.8 Å². The number of carbonyl (C=O) groups is 1. The SMILES string of the molecule is CC(NC(=O)C(C)(C)Oc1ccccc1Cl)c1ccc(OCC(F)(F)F)cn1. The normalized spacial score (nSPS) is 13.0. The summed E-state index contributed by atoms with van der Waals surface area (Å²) in [6.45, 7) is 3.50. The van der Waals surface area contributed by atoms with Gasteiger partial charge in [-0.2, -0.15) is 13.2 Å². The van der Waals surface area contributed by atoms with Crippen molar-refractivity contribution in [2.24, 2.45) is 0 Å². The Morgan fingerprint density at radius 1 is 1.21 bits per heavy atom. The van der Waals surface area contributed by atoms with Crippen LogP contribution in [-0.2, 0) is 4.79 Å². The van der Waals surface area contributed by atoms with E-state index in [2.05, 4.69) is 15.0 Å². The smallest absolute Gasteiger partial charge is 0.422 e. The molecule has 1 atom stereocenters. The maximum Gasteiger partial charge on any atom is 0.422 e. The number of aromatic nitrogens is 1. The summed E-state index contributed by atoms with van der Waals surface area (Å²) in [7, 11) is 0. The summed E-state index contributed by atoms with van der Waals surface area (Å²) < 4.78 is 46.9. The fourth-order valence-electron chi connectivity index (χ4n) is 2.19. The van der Waals surface area contributed by atoms with E-state index in [9.17, 15) is 18.0 Å². The molecule has 0 spiro atoms. The molecule has 1 unspecified atom stereocenters. The second-order valence-corrected chi connectivity index (χ2v) is 6.97. The molecule has 0 aliphatic carbocycles. The summed E-state index contributed by atoms with van der Waals surface area (Å²) in [6.07, 6.45) is -3.25. The molecule has 0 saturated heterocycles. The van der Waals surface area contributed by atoms with Gasteiger partial charge in [-0.3, -0.25) is 9.78 Å². The second-order valence-electron chi connectivity index (χ2n) is 6.56. The number of benzene rings is 1. The van der Waals surface area contributed by atoms with E-state index in [1.807, 2.05) is 0 Å². The average Bonchev–Trinajstić information content (AvgIpc) is 2.61. The minimum atomic E-state index is -4.42. The van der Waals surface area contributed by atoms with Crippen molar-refractivity contribution >= 4 is 17.5 Å². The fourth-order valence-corrected chi connectivity index (χ4v) is 2.37. The Kier molecular flexibility index (Phi) is 6.77. The van der Waals surface area contributed by atoms with Gasteiger partial charge in [-0.05, 0) is 45.0 Å². The van der Waals surface area contributed by atoms with Crippen LogP contribution in [0.25, 0.3) is 0 Å². The molecule has 1 heterocycles. The molecule has 0 aliphatic rings. The molecule has 1 aromatic carbocycles. The summed E-state index contributed by atoms with van der Waals surface area (Å²) in [5.41, 5.74) is -0.754. The highest BCUT2D eigenvalue weighted by molar-refractivity contribution is 6.32. The van der Waals surface area contributed by atoms with Gasteiger partial charge < -0.3 is 14.8 Å². The number of nitrogens with zero attached hydrogens (tertiary/aromatic N) is 1. The first-order valence-electron chi connectivity index (χ1n) is 8.38. The van der Waals surface area contributed by atoms with Gasteiger partial charge in [0.2, 0.25) is 0 Å². The predicted octanol–water partition coefficient (Wildman–Crippen LogP) is 4.71. The van der Waals surface area contributed by atoms with Crippen LogP contribution in [0.3, 0.4) is 0 Å². The number of hydrogen-bond donors (Lipinski definition) is 1. The third kappa shape index (κ3) is 6.30. The molecule has 2 aromatic rings. The summed E-state index contributed by atoms with van der Waals surface area (Å²) >= 11 is 6.06. The number of alkyl halides is 3. The lowest BCUT2D eigenvalue weighted by atomic mass is 10.1. The first kappa shape index (κ1) is 21.8. The van der Waals surface area contributed by atoms with Crippen molar-refractivity contribution in [1.82, 2.24) is 10.3 Å². The van der Waals surface area contributed by atoms with E-state index in [-0.39, 0.29) is 5.75 Å². The molecular formula is C19H20ClF3N2O3. The number of amides is 1. The van der Waals surface area contributed by atoms with Crippen molar-refractivity contribution in [2.45, 2.75) is 38.6 Å². The Bertz CT molecular complexity index is 811. The molecule has 1 N–H and O–H groups in total. The monoisotopic (exact) mass is 416 g/mol. The topological polar surface area (TPSA) is 60.5 Å². The van der Waals surface area contributed by atoms with Crippen LogP contribution in [0.15, 0.2) is 42.6 Å². The van der Waals surface area contributed by atoms with Crippen molar-refractivity contribution in [3.63, 3.8) is 0 Å². The number of pyridine rings is 1. The molecule has 0 bridgehead atoms. The first-order chi connectivity index (χ1) is 13.0. The Morgan fingerprint density at radius 2 is 1.89 bits per heavy atom. The van der Waals surface area contributed by atoms with E-state index in [1.54, 1.807) is 45.0 Å². The molecule has 2 rings (SSSR count). The number of hydrogen-bond acceptors (Lipinski definition) is 4. The lowest BCUT2D eigenvalue weighted by Crippen LogP contribution is -2.47. The first-order valence-corrected chi connectivity index (χ1v) is 8.76. The molecular weight excluding hydrogens is 397 g/mol. The minimum Gasteiger partial charge on any atom is -0.483 e. The number of rotatable bonds is 7. The molecule has 152 valence electrons. The van der Waals surface area contributed by atoms with Crippen molar-refractivity contribution in [1.29, 1.82) is 0 Å². The minimum absolute atomic E-state index is 0.0121. The van der Waals surface area contributed by atoms with Crippen LogP contribution in [-0.4, -0.2) is 29.3 Å². The molecule has 0 radical (unpaired) electrons. The van der Waals surface area contributed by atoms with Crippen LogP contribution in [0.2, 0.25) is 5.02 Å². The predicted molar refractivity (Wildman–Crippen MR) is 98.5 cm³/mol. The molecule has 1 aromatic heterocycles. The zero-order valence-corrected chi connectivity index (χ0v) is 16.3. The van der Waals surface area contributed by atoms with Gasteiger partial charge in [0, 0.05) is 0 Å². The van der Waals surface area contributed by atoms with Crippen molar-refractivity contribution in [3.05, 3.63) is 53.3 Å². The maximum absolute atomic E-state index is 12.6. The van der Waals surface area contributed by atoms with Crippen LogP contribution in [0.5, 0.6) is 11.5 Å². The van der Waals surface area contributed by atoms with Gasteiger partial charge in [0.15, 0.2) is 12.2 Å². The summed E-state index contributed by atoms with van der Waals surface area (Å²) in [5.74, 6) is -0.0395. The van der Waals surface area contributed by atoms with E-state index in [1.165, 1.54) is 18.3 Å². The number of halogens is 4. The number of para-hydroxylation sites is 1. The molecule has 28 heavy (non-hydrogen) atoms. The Balaban J connectivity index is 1.98. The third-order valence-electron chi connectivity index (χ3n) is 3.70. The zero-order chi connectivity index (χ0) is 20.9. The third-order valence-corrected chi connectivity index (χ3v) is 4.01. The highest BCUT2D eigenvalue weighted by Crippen LogP contribution is 2.28. The summed E-state index contributed by atoms with van der Waals surface area (Å²) in [5, 5.41) is 3.14. The van der Waals surface area contributed by atoms with Crippen LogP contribution in [0, 0.1) is 0 Å². The van der Waals surface area contributed by atoms with Gasteiger partial charge in [0.1, 0.15) is 11.5 Å². The van der Waals surface area contributed by atoms with Gasteiger partial charge in [0.25, 0.3) is 5.91 Å². The van der Waals surface area contributed by atoms with Crippen molar-refractivity contribution < 1.29 is 27.4 Å². The average molecular weight is 417 g/mol. The van der Waals surface area contributed by atoms with Crippen molar-refractivity contribution in [2.75, 3.05) is 6.61 Å². The quantitative estimate of drug-likeness (QED) is 0.710. The molecule has 0 saturated carbocycles. The van der Waals surface area contributed by atoms with Gasteiger partial charge in [0.05, 0.1) is 23.0 Å². The van der Waals surface area contributed by atoms with Crippen LogP contribution in [0.1, 0.15) is 32.5 Å². The molecule has 9 heteroatoms. The largest absolute Gasteiger partial charge is 0.483 e. The number of nitrogens with one attached hydrogen (secondary N) is 1. The second kappa shape index (κ2) is 8.68. The summed E-state index contributed by atoms with van der Waals surface area (Å²) in [6, 6.07) is 9.14. The van der Waals surface area contributed by atoms with Gasteiger partial charge >= 0.3 is 6.18 Å². The van der Waals surface area contributed by atoms with E-state index in [0.29, 0.717) is 16.5 Å². The lowest BCUT2D eigenvalue weighted by molar-refractivity contribution is -0.153. The van der Waals surface area contributed by atoms with Crippen molar-refractivity contribution in [3.8, 4) is 11.5 Å². The number of ether oxygens (including phenoxy) is 2. The lowest BCUT2D eigenvalue weighted by Gasteiger charge is -2.27. The van der Waals surface area contributed by atoms with Crippen LogP contribution in [0.4, 0.5) is 13.2 Å². The zero-order valence-electron chi connectivity index (χ0n) is 15.5. The standard InChI is InChI=1S/C19H20ClF3N2O3/c1-12(15-9-8-13(10-24-15)27-11-19(21,22)23)25-17(26)18(2,3)28-16-7-5-4-6-14(16)20/h4-10,12H,11H2,1-3H3,(H,25,26). The van der Waals surface area contributed by atoms with E-state index in [0.717, 1.165) is 0 Å². The van der Waals surface area contributed by atoms with E-state index >= 15 is 0 Å². The Labute approximate surface area is 165 Å². The summed E-state index contributed by atoms with van der Waals surface area (Å²) in [4.78, 5) is 16.6. The molecule has 0 aliphatic heterocycles.